The van der Waals surface area contributed by atoms with Crippen LogP contribution >= 0.6 is 0 Å². The molecule has 0 atom stereocenters. The van der Waals surface area contributed by atoms with Crippen molar-refractivity contribution in [3.63, 3.8) is 0 Å². The van der Waals surface area contributed by atoms with Crippen LogP contribution in [0.3, 0.4) is 0 Å². The summed E-state index contributed by atoms with van der Waals surface area (Å²) < 4.78 is 1.69. The first kappa shape index (κ1) is 21.3. The second-order valence-corrected chi connectivity index (χ2v) is 8.15. The second-order valence-electron chi connectivity index (χ2n) is 8.15. The fourth-order valence-corrected chi connectivity index (χ4v) is 4.10. The van der Waals surface area contributed by atoms with Crippen LogP contribution in [0.4, 0.5) is 0 Å². The molecule has 0 radical (unpaired) electrons. The van der Waals surface area contributed by atoms with Gasteiger partial charge in [-0.05, 0) is 36.6 Å². The number of aromatic amines is 1. The first-order valence-electron chi connectivity index (χ1n) is 11.0. The first-order valence-corrected chi connectivity index (χ1v) is 11.0. The highest BCUT2D eigenvalue weighted by Crippen LogP contribution is 2.31. The fraction of sp³-hybridized carbons (Fsp3) is 0.160. The third-order valence-electron chi connectivity index (χ3n) is 5.76. The van der Waals surface area contributed by atoms with E-state index in [2.05, 4.69) is 9.98 Å². The molecule has 5 aromatic rings. The van der Waals surface area contributed by atoms with Gasteiger partial charge < -0.3 is 26.7 Å². The molecule has 3 heterocycles. The second kappa shape index (κ2) is 8.78. The molecule has 0 aliphatic heterocycles. The predicted octanol–water partition coefficient (Wildman–Crippen LogP) is 3.09. The molecule has 0 bridgehead atoms. The van der Waals surface area contributed by atoms with Crippen LogP contribution in [0.5, 0.6) is 11.6 Å². The molecule has 3 aromatic heterocycles. The lowest BCUT2D eigenvalue weighted by Crippen LogP contribution is -2.23. The van der Waals surface area contributed by atoms with Gasteiger partial charge in [-0.15, -0.1) is 0 Å². The number of hydrogen-bond acceptors (Lipinski definition) is 5. The Bertz CT molecular complexity index is 1500. The van der Waals surface area contributed by atoms with Gasteiger partial charge in [0.25, 0.3) is 0 Å². The van der Waals surface area contributed by atoms with Crippen LogP contribution in [0, 0.1) is 0 Å². The number of H-pyrrole nitrogens is 1. The van der Waals surface area contributed by atoms with Crippen molar-refractivity contribution in [3.05, 3.63) is 77.9 Å². The quantitative estimate of drug-likeness (QED) is 0.145. The third kappa shape index (κ3) is 4.11. The maximum atomic E-state index is 11.1. The number of nitrogens with one attached hydrogen (secondary N) is 1. The number of phenolic OH excluding ortho intramolecular Hbond substituents is 1. The highest BCUT2D eigenvalue weighted by Gasteiger charge is 2.18. The zero-order chi connectivity index (χ0) is 23.7. The molecule has 172 valence electrons. The standard InChI is InChI=1S/C25H25N7O2/c26-25(27)28-11-3-6-20-23-31-21(12-15-7-9-16(33)10-8-15)24(34)32(23)14-22(30-20)18-13-29-19-5-2-1-4-17(18)19/h1-2,4-5,7-10,13-14,29,33-34H,3,6,11-12H2,(H4,26,27,28). The molecule has 0 saturated heterocycles. The Kier molecular flexibility index (Phi) is 5.51. The summed E-state index contributed by atoms with van der Waals surface area (Å²) in [6.45, 7) is 0.473. The van der Waals surface area contributed by atoms with Crippen LogP contribution in [0.25, 0.3) is 27.8 Å². The maximum Gasteiger partial charge on any atom is 0.219 e. The molecule has 0 spiro atoms. The number of imidazole rings is 1. The number of fused-ring (bicyclic) bond motifs is 2. The number of guanidine groups is 1. The summed E-state index contributed by atoms with van der Waals surface area (Å²) in [6, 6.07) is 14.9. The van der Waals surface area contributed by atoms with E-state index in [1.54, 1.807) is 16.5 Å². The van der Waals surface area contributed by atoms with Crippen molar-refractivity contribution in [2.45, 2.75) is 19.3 Å². The van der Waals surface area contributed by atoms with Gasteiger partial charge in [-0.25, -0.2) is 9.97 Å². The Morgan fingerprint density at radius 2 is 1.79 bits per heavy atom. The lowest BCUT2D eigenvalue weighted by Gasteiger charge is -2.07. The molecule has 5 rings (SSSR count). The topological polar surface area (TPSA) is 151 Å². The number of rotatable bonds is 7. The summed E-state index contributed by atoms with van der Waals surface area (Å²) in [7, 11) is 0. The number of nitrogens with two attached hydrogens (primary N) is 2. The smallest absolute Gasteiger partial charge is 0.219 e. The van der Waals surface area contributed by atoms with E-state index in [-0.39, 0.29) is 17.6 Å². The average Bonchev–Trinajstić information content (AvgIpc) is 3.39. The van der Waals surface area contributed by atoms with Gasteiger partial charge >= 0.3 is 0 Å². The summed E-state index contributed by atoms with van der Waals surface area (Å²) in [5.74, 6) is 0.316. The Labute approximate surface area is 195 Å². The Morgan fingerprint density at radius 3 is 2.59 bits per heavy atom. The normalized spacial score (nSPS) is 11.3. The molecular weight excluding hydrogens is 430 g/mol. The van der Waals surface area contributed by atoms with Crippen LogP contribution in [0.15, 0.2) is 65.9 Å². The number of aliphatic imine (C=N–C) groups is 1. The van der Waals surface area contributed by atoms with E-state index in [1.807, 2.05) is 48.8 Å². The van der Waals surface area contributed by atoms with Gasteiger partial charge in [0.1, 0.15) is 11.4 Å². The number of phenols is 1. The molecule has 34 heavy (non-hydrogen) atoms. The van der Waals surface area contributed by atoms with E-state index in [0.29, 0.717) is 37.1 Å². The molecular formula is C25H25N7O2. The lowest BCUT2D eigenvalue weighted by atomic mass is 10.1. The highest BCUT2D eigenvalue weighted by molar-refractivity contribution is 5.94. The van der Waals surface area contributed by atoms with E-state index in [0.717, 1.165) is 33.4 Å². The molecule has 7 N–H and O–H groups in total. The maximum absolute atomic E-state index is 11.1. The van der Waals surface area contributed by atoms with E-state index < -0.39 is 0 Å². The van der Waals surface area contributed by atoms with Crippen LogP contribution in [-0.4, -0.2) is 42.1 Å². The van der Waals surface area contributed by atoms with Gasteiger partial charge in [0, 0.05) is 41.8 Å². The summed E-state index contributed by atoms with van der Waals surface area (Å²) in [5.41, 5.74) is 16.4. The van der Waals surface area contributed by atoms with Crippen molar-refractivity contribution in [1.82, 2.24) is 19.4 Å². The van der Waals surface area contributed by atoms with E-state index in [1.165, 1.54) is 0 Å². The van der Waals surface area contributed by atoms with Crippen molar-refractivity contribution in [3.8, 4) is 22.9 Å². The Morgan fingerprint density at radius 1 is 1.00 bits per heavy atom. The van der Waals surface area contributed by atoms with Gasteiger partial charge in [-0.1, -0.05) is 30.3 Å². The minimum Gasteiger partial charge on any atom is -0.508 e. The monoisotopic (exact) mass is 455 g/mol. The molecule has 0 aliphatic rings. The molecule has 0 amide bonds. The number of hydrogen-bond donors (Lipinski definition) is 5. The number of aromatic nitrogens is 4. The van der Waals surface area contributed by atoms with E-state index in [4.69, 9.17) is 21.4 Å². The number of para-hydroxylation sites is 1. The molecule has 0 saturated carbocycles. The van der Waals surface area contributed by atoms with Gasteiger partial charge in [-0.2, -0.15) is 0 Å². The highest BCUT2D eigenvalue weighted by atomic mass is 16.3. The van der Waals surface area contributed by atoms with Crippen molar-refractivity contribution < 1.29 is 10.2 Å². The molecule has 0 aliphatic carbocycles. The van der Waals surface area contributed by atoms with Crippen molar-refractivity contribution in [2.75, 3.05) is 6.54 Å². The fourth-order valence-electron chi connectivity index (χ4n) is 4.10. The van der Waals surface area contributed by atoms with Gasteiger partial charge in [0.2, 0.25) is 5.88 Å². The summed E-state index contributed by atoms with van der Waals surface area (Å²) >= 11 is 0. The summed E-state index contributed by atoms with van der Waals surface area (Å²) in [4.78, 5) is 17.0. The zero-order valence-electron chi connectivity index (χ0n) is 18.4. The lowest BCUT2D eigenvalue weighted by molar-refractivity contribution is 0.442. The molecule has 0 fully saturated rings. The van der Waals surface area contributed by atoms with E-state index >= 15 is 0 Å². The van der Waals surface area contributed by atoms with Crippen molar-refractivity contribution in [1.29, 1.82) is 0 Å². The van der Waals surface area contributed by atoms with E-state index in [9.17, 15) is 10.2 Å². The number of nitrogens with zero attached hydrogens (tertiary/aromatic N) is 4. The third-order valence-corrected chi connectivity index (χ3v) is 5.76. The predicted molar refractivity (Wildman–Crippen MR) is 132 cm³/mol. The molecule has 9 nitrogen and oxygen atoms in total. The summed E-state index contributed by atoms with van der Waals surface area (Å²) in [6.07, 6.45) is 5.43. The first-order chi connectivity index (χ1) is 16.5. The minimum absolute atomic E-state index is 0.0558. The Hall–Kier alpha value is -4.53. The number of aromatic hydroxyl groups is 2. The number of aryl methyl sites for hydroxylation is 1. The summed E-state index contributed by atoms with van der Waals surface area (Å²) in [5, 5.41) is 21.7. The SMILES string of the molecule is NC(N)=NCCCc1nc(-c2c[nH]c3ccccc23)cn2c(O)c(Cc3ccc(O)cc3)nc12. The molecule has 9 heteroatoms. The Balaban J connectivity index is 1.59. The minimum atomic E-state index is 0.0558. The largest absolute Gasteiger partial charge is 0.508 e. The van der Waals surface area contributed by atoms with Crippen LogP contribution in [0.1, 0.15) is 23.4 Å². The van der Waals surface area contributed by atoms with Gasteiger partial charge in [0.15, 0.2) is 11.6 Å². The van der Waals surface area contributed by atoms with Gasteiger partial charge in [0.05, 0.1) is 11.4 Å². The zero-order valence-corrected chi connectivity index (χ0v) is 18.4. The van der Waals surface area contributed by atoms with Crippen LogP contribution < -0.4 is 11.5 Å². The molecule has 2 aromatic carbocycles. The van der Waals surface area contributed by atoms with Crippen molar-refractivity contribution in [2.24, 2.45) is 16.5 Å². The number of benzene rings is 2. The molecule has 0 unspecified atom stereocenters. The van der Waals surface area contributed by atoms with Crippen LogP contribution in [0.2, 0.25) is 0 Å². The van der Waals surface area contributed by atoms with Gasteiger partial charge in [-0.3, -0.25) is 9.39 Å². The van der Waals surface area contributed by atoms with Crippen molar-refractivity contribution >= 4 is 22.5 Å². The van der Waals surface area contributed by atoms with Crippen LogP contribution in [-0.2, 0) is 12.8 Å². The average molecular weight is 456 g/mol.